The van der Waals surface area contributed by atoms with Gasteiger partial charge in [0.2, 0.25) is 0 Å². The Morgan fingerprint density at radius 1 is 1.19 bits per heavy atom. The van der Waals surface area contributed by atoms with E-state index in [2.05, 4.69) is 17.6 Å². The molecule has 2 aromatic rings. The highest BCUT2D eigenvalue weighted by atomic mass is 16.5. The molecule has 0 radical (unpaired) electrons. The van der Waals surface area contributed by atoms with Crippen LogP contribution in [0.3, 0.4) is 0 Å². The molecule has 6 nitrogen and oxygen atoms in total. The molecule has 0 spiro atoms. The zero-order valence-corrected chi connectivity index (χ0v) is 15.7. The summed E-state index contributed by atoms with van der Waals surface area (Å²) in [6, 6.07) is 9.03. The number of carbonyl (C=O) groups excluding carboxylic acids is 2. The lowest BCUT2D eigenvalue weighted by Gasteiger charge is -2.14. The van der Waals surface area contributed by atoms with E-state index in [4.69, 9.17) is 4.74 Å². The standard InChI is InChI=1S/C20H25N3O3/c1-5-20(10-11-20)16-12-15(17(23(16)3)18(24)26-4)22-19(25)21-14-8-6-13(2)7-9-14/h6-9,12H,5,10-11H2,1-4H3,(H2,21,22,25). The number of esters is 1. The number of anilines is 2. The number of hydrogen-bond acceptors (Lipinski definition) is 3. The Balaban J connectivity index is 1.86. The summed E-state index contributed by atoms with van der Waals surface area (Å²) in [4.78, 5) is 24.7. The molecule has 1 aliphatic carbocycles. The number of rotatable bonds is 5. The van der Waals surface area contributed by atoms with E-state index < -0.39 is 12.0 Å². The molecule has 1 aromatic heterocycles. The predicted octanol–water partition coefficient (Wildman–Crippen LogP) is 4.21. The third-order valence-electron chi connectivity index (χ3n) is 5.24. The lowest BCUT2D eigenvalue weighted by Crippen LogP contribution is -2.21. The van der Waals surface area contributed by atoms with Crippen LogP contribution < -0.4 is 10.6 Å². The number of hydrogen-bond donors (Lipinski definition) is 2. The Hall–Kier alpha value is -2.76. The van der Waals surface area contributed by atoms with Gasteiger partial charge in [0.15, 0.2) is 5.69 Å². The van der Waals surface area contributed by atoms with E-state index in [1.165, 1.54) is 7.11 Å². The van der Waals surface area contributed by atoms with Crippen molar-refractivity contribution in [2.75, 3.05) is 17.7 Å². The third-order valence-corrected chi connectivity index (χ3v) is 5.24. The Morgan fingerprint density at radius 2 is 1.85 bits per heavy atom. The van der Waals surface area contributed by atoms with Gasteiger partial charge < -0.3 is 19.9 Å². The first-order valence-corrected chi connectivity index (χ1v) is 8.83. The molecule has 0 aliphatic heterocycles. The molecule has 6 heteroatoms. The van der Waals surface area contributed by atoms with Crippen molar-refractivity contribution in [3.63, 3.8) is 0 Å². The van der Waals surface area contributed by atoms with E-state index in [1.807, 2.05) is 48.9 Å². The van der Waals surface area contributed by atoms with E-state index in [0.29, 0.717) is 17.1 Å². The lowest BCUT2D eigenvalue weighted by atomic mass is 9.99. The van der Waals surface area contributed by atoms with Crippen molar-refractivity contribution < 1.29 is 14.3 Å². The molecule has 1 aliphatic rings. The fourth-order valence-electron chi connectivity index (χ4n) is 3.41. The molecule has 0 unspecified atom stereocenters. The van der Waals surface area contributed by atoms with Gasteiger partial charge in [0.1, 0.15) is 0 Å². The van der Waals surface area contributed by atoms with Gasteiger partial charge in [0.05, 0.1) is 12.8 Å². The molecule has 1 saturated carbocycles. The molecule has 1 heterocycles. The van der Waals surface area contributed by atoms with Gasteiger partial charge in [0.25, 0.3) is 0 Å². The normalized spacial score (nSPS) is 14.6. The average molecular weight is 355 g/mol. The summed E-state index contributed by atoms with van der Waals surface area (Å²) in [5.41, 5.74) is 3.80. The van der Waals surface area contributed by atoms with Crippen LogP contribution in [0, 0.1) is 6.92 Å². The third kappa shape index (κ3) is 3.31. The molecule has 2 N–H and O–H groups in total. The highest BCUT2D eigenvalue weighted by molar-refractivity contribution is 6.04. The van der Waals surface area contributed by atoms with Crippen molar-refractivity contribution in [2.24, 2.45) is 7.05 Å². The van der Waals surface area contributed by atoms with Gasteiger partial charge in [-0.05, 0) is 44.4 Å². The first-order valence-electron chi connectivity index (χ1n) is 8.83. The van der Waals surface area contributed by atoms with Gasteiger partial charge in [-0.15, -0.1) is 0 Å². The first kappa shape index (κ1) is 18.0. The number of amides is 2. The summed E-state index contributed by atoms with van der Waals surface area (Å²) in [6.07, 6.45) is 3.19. The Kier molecular flexibility index (Phi) is 4.76. The number of benzene rings is 1. The summed E-state index contributed by atoms with van der Waals surface area (Å²) < 4.78 is 6.77. The maximum absolute atomic E-state index is 12.4. The minimum atomic E-state index is -0.462. The Morgan fingerprint density at radius 3 is 2.38 bits per heavy atom. The maximum atomic E-state index is 12.4. The number of aryl methyl sites for hydroxylation is 1. The summed E-state index contributed by atoms with van der Waals surface area (Å²) in [5, 5.41) is 5.59. The Labute approximate surface area is 153 Å². The van der Waals surface area contributed by atoms with Crippen molar-refractivity contribution in [1.29, 1.82) is 0 Å². The second kappa shape index (κ2) is 6.86. The number of urea groups is 1. The van der Waals surface area contributed by atoms with Gasteiger partial charge >= 0.3 is 12.0 Å². The summed E-state index contributed by atoms with van der Waals surface area (Å²) in [6.45, 7) is 4.13. The van der Waals surface area contributed by atoms with Gasteiger partial charge in [-0.25, -0.2) is 9.59 Å². The minimum absolute atomic E-state index is 0.102. The van der Waals surface area contributed by atoms with Crippen LogP contribution >= 0.6 is 0 Å². The van der Waals surface area contributed by atoms with Crippen LogP contribution in [-0.2, 0) is 17.2 Å². The van der Waals surface area contributed by atoms with E-state index in [1.54, 1.807) is 0 Å². The van der Waals surface area contributed by atoms with Crippen LogP contribution in [0.2, 0.25) is 0 Å². The van der Waals surface area contributed by atoms with Crippen LogP contribution in [0.4, 0.5) is 16.2 Å². The zero-order chi connectivity index (χ0) is 18.9. The van der Waals surface area contributed by atoms with Gasteiger partial charge in [0, 0.05) is 23.8 Å². The van der Waals surface area contributed by atoms with Crippen molar-refractivity contribution in [1.82, 2.24) is 4.57 Å². The Bertz CT molecular complexity index is 833. The lowest BCUT2D eigenvalue weighted by molar-refractivity contribution is 0.0590. The van der Waals surface area contributed by atoms with E-state index in [-0.39, 0.29) is 5.41 Å². The van der Waals surface area contributed by atoms with Crippen LogP contribution in [0.15, 0.2) is 30.3 Å². The molecule has 2 amide bonds. The number of nitrogens with one attached hydrogen (secondary N) is 2. The summed E-state index contributed by atoms with van der Waals surface area (Å²) in [5.74, 6) is -0.462. The molecule has 3 rings (SSSR count). The minimum Gasteiger partial charge on any atom is -0.464 e. The summed E-state index contributed by atoms with van der Waals surface area (Å²) in [7, 11) is 3.19. The molecule has 0 bridgehead atoms. The zero-order valence-electron chi connectivity index (χ0n) is 15.7. The number of carbonyl (C=O) groups is 2. The predicted molar refractivity (Wildman–Crippen MR) is 102 cm³/mol. The SMILES string of the molecule is CCC1(c2cc(NC(=O)Nc3ccc(C)cc3)c(C(=O)OC)n2C)CC1. The van der Waals surface area contributed by atoms with Gasteiger partial charge in [-0.3, -0.25) is 0 Å². The van der Waals surface area contributed by atoms with Crippen molar-refractivity contribution in [3.05, 3.63) is 47.3 Å². The van der Waals surface area contributed by atoms with E-state index in [0.717, 1.165) is 30.5 Å². The van der Waals surface area contributed by atoms with Crippen LogP contribution in [0.1, 0.15) is 47.9 Å². The van der Waals surface area contributed by atoms with Crippen LogP contribution in [0.25, 0.3) is 0 Å². The molecular weight excluding hydrogens is 330 g/mol. The largest absolute Gasteiger partial charge is 0.464 e. The number of aromatic nitrogens is 1. The maximum Gasteiger partial charge on any atom is 0.356 e. The highest BCUT2D eigenvalue weighted by Crippen LogP contribution is 2.52. The van der Waals surface area contributed by atoms with Crippen LogP contribution in [0.5, 0.6) is 0 Å². The topological polar surface area (TPSA) is 72.4 Å². The van der Waals surface area contributed by atoms with Crippen molar-refractivity contribution in [2.45, 2.75) is 38.5 Å². The molecule has 0 saturated heterocycles. The van der Waals surface area contributed by atoms with Crippen LogP contribution in [-0.4, -0.2) is 23.7 Å². The van der Waals surface area contributed by atoms with Crippen molar-refractivity contribution in [3.8, 4) is 0 Å². The van der Waals surface area contributed by atoms with Gasteiger partial charge in [-0.2, -0.15) is 0 Å². The first-order chi connectivity index (χ1) is 12.4. The second-order valence-electron chi connectivity index (χ2n) is 6.92. The number of ether oxygens (including phenoxy) is 1. The molecule has 1 fully saturated rings. The van der Waals surface area contributed by atoms with E-state index in [9.17, 15) is 9.59 Å². The molecule has 0 atom stereocenters. The average Bonchev–Trinajstić information content (AvgIpc) is 3.35. The van der Waals surface area contributed by atoms with Gasteiger partial charge in [-0.1, -0.05) is 24.6 Å². The fraction of sp³-hybridized carbons (Fsp3) is 0.400. The number of nitrogens with zero attached hydrogens (tertiary/aromatic N) is 1. The molecule has 26 heavy (non-hydrogen) atoms. The molecular formula is C20H25N3O3. The quantitative estimate of drug-likeness (QED) is 0.789. The smallest absolute Gasteiger partial charge is 0.356 e. The second-order valence-corrected chi connectivity index (χ2v) is 6.92. The number of methoxy groups -OCH3 is 1. The van der Waals surface area contributed by atoms with Crippen molar-refractivity contribution >= 4 is 23.4 Å². The molecule has 138 valence electrons. The summed E-state index contributed by atoms with van der Waals surface area (Å²) >= 11 is 0. The monoisotopic (exact) mass is 355 g/mol. The molecule has 1 aromatic carbocycles. The highest BCUT2D eigenvalue weighted by Gasteiger charge is 2.45. The van der Waals surface area contributed by atoms with E-state index >= 15 is 0 Å². The fourth-order valence-corrected chi connectivity index (χ4v) is 3.41.